The summed E-state index contributed by atoms with van der Waals surface area (Å²) in [7, 11) is 1.26. The van der Waals surface area contributed by atoms with Gasteiger partial charge in [-0.2, -0.15) is 0 Å². The molecule has 1 aromatic carbocycles. The maximum atomic E-state index is 11.6. The quantitative estimate of drug-likeness (QED) is 0.599. The van der Waals surface area contributed by atoms with Crippen LogP contribution in [0.5, 0.6) is 0 Å². The maximum Gasteiger partial charge on any atom is 0.373 e. The summed E-state index contributed by atoms with van der Waals surface area (Å²) in [5.74, 6) is -0.647. The van der Waals surface area contributed by atoms with E-state index in [0.717, 1.165) is 10.0 Å². The molecule has 1 aromatic heterocycles. The first-order chi connectivity index (χ1) is 10.6. The Morgan fingerprint density at radius 3 is 2.82 bits per heavy atom. The molecule has 0 atom stereocenters. The first-order valence-electron chi connectivity index (χ1n) is 6.36. The molecule has 0 radical (unpaired) electrons. The maximum absolute atomic E-state index is 11.6. The molecule has 114 valence electrons. The summed E-state index contributed by atoms with van der Waals surface area (Å²) in [6.45, 7) is -0.0569. The van der Waals surface area contributed by atoms with Gasteiger partial charge in [0.1, 0.15) is 12.4 Å². The number of benzene rings is 1. The number of carbonyl (C=O) groups excluding carboxylic acids is 2. The summed E-state index contributed by atoms with van der Waals surface area (Å²) >= 11 is 3.35. The highest BCUT2D eigenvalue weighted by atomic mass is 79.9. The Bertz CT molecular complexity index is 702. The van der Waals surface area contributed by atoms with E-state index in [1.165, 1.54) is 19.3 Å². The average Bonchev–Trinajstić information content (AvgIpc) is 2.99. The number of hydrogen-bond donors (Lipinski definition) is 0. The molecule has 1 heterocycles. The highest BCUT2D eigenvalue weighted by molar-refractivity contribution is 9.10. The zero-order chi connectivity index (χ0) is 15.9. The second-order valence-corrected chi connectivity index (χ2v) is 5.17. The van der Waals surface area contributed by atoms with Gasteiger partial charge in [0.2, 0.25) is 5.76 Å². The van der Waals surface area contributed by atoms with Crippen LogP contribution in [0.25, 0.3) is 6.08 Å². The van der Waals surface area contributed by atoms with Crippen LogP contribution in [0.1, 0.15) is 21.9 Å². The lowest BCUT2D eigenvalue weighted by Crippen LogP contribution is -2.01. The van der Waals surface area contributed by atoms with Gasteiger partial charge in [-0.3, -0.25) is 0 Å². The highest BCUT2D eigenvalue weighted by Gasteiger charge is 2.11. The van der Waals surface area contributed by atoms with Crippen LogP contribution in [0.2, 0.25) is 0 Å². The van der Waals surface area contributed by atoms with Gasteiger partial charge in [0, 0.05) is 10.5 Å². The van der Waals surface area contributed by atoms with E-state index in [4.69, 9.17) is 9.15 Å². The number of carbonyl (C=O) groups is 2. The van der Waals surface area contributed by atoms with Crippen LogP contribution in [0.15, 0.2) is 51.4 Å². The fourth-order valence-corrected chi connectivity index (χ4v) is 2.05. The highest BCUT2D eigenvalue weighted by Crippen LogP contribution is 2.13. The van der Waals surface area contributed by atoms with Crippen molar-refractivity contribution in [3.8, 4) is 0 Å². The largest absolute Gasteiger partial charge is 0.463 e. The molecule has 0 N–H and O–H groups in total. The molecule has 0 saturated carbocycles. The molecular formula is C16H13BrO5. The fourth-order valence-electron chi connectivity index (χ4n) is 1.63. The normalized spacial score (nSPS) is 10.6. The molecule has 2 rings (SSSR count). The lowest BCUT2D eigenvalue weighted by molar-refractivity contribution is -0.139. The van der Waals surface area contributed by atoms with E-state index in [-0.39, 0.29) is 12.4 Å². The minimum atomic E-state index is -0.577. The van der Waals surface area contributed by atoms with Crippen molar-refractivity contribution >= 4 is 33.9 Å². The van der Waals surface area contributed by atoms with Gasteiger partial charge in [-0.25, -0.2) is 9.59 Å². The Balaban J connectivity index is 1.87. The van der Waals surface area contributed by atoms with Crippen molar-refractivity contribution in [3.05, 3.63) is 64.0 Å². The summed E-state index contributed by atoms with van der Waals surface area (Å²) in [6, 6.07) is 10.5. The SMILES string of the molecule is COC(=O)c1ccc(COC(=O)/C=C/c2cccc(Br)c2)o1. The standard InChI is InChI=1S/C16H13BrO5/c1-20-16(19)14-7-6-13(22-14)10-21-15(18)8-5-11-3-2-4-12(17)9-11/h2-9H,10H2,1H3/b8-5+. The van der Waals surface area contributed by atoms with Gasteiger partial charge in [0.25, 0.3) is 0 Å². The van der Waals surface area contributed by atoms with Gasteiger partial charge in [-0.1, -0.05) is 28.1 Å². The van der Waals surface area contributed by atoms with Crippen molar-refractivity contribution < 1.29 is 23.5 Å². The first-order valence-corrected chi connectivity index (χ1v) is 7.15. The summed E-state index contributed by atoms with van der Waals surface area (Å²) < 4.78 is 15.6. The lowest BCUT2D eigenvalue weighted by Gasteiger charge is -1.99. The molecule has 2 aromatic rings. The van der Waals surface area contributed by atoms with Crippen LogP contribution in [0.4, 0.5) is 0 Å². The average molecular weight is 365 g/mol. The van der Waals surface area contributed by atoms with E-state index in [9.17, 15) is 9.59 Å². The van der Waals surface area contributed by atoms with Gasteiger partial charge in [0.05, 0.1) is 7.11 Å². The van der Waals surface area contributed by atoms with E-state index >= 15 is 0 Å². The van der Waals surface area contributed by atoms with Gasteiger partial charge < -0.3 is 13.9 Å². The lowest BCUT2D eigenvalue weighted by atomic mass is 10.2. The number of methoxy groups -OCH3 is 1. The Hall–Kier alpha value is -2.34. The van der Waals surface area contributed by atoms with Gasteiger partial charge >= 0.3 is 11.9 Å². The predicted molar refractivity (Wildman–Crippen MR) is 83.0 cm³/mol. The Kier molecular flexibility index (Phi) is 5.55. The zero-order valence-corrected chi connectivity index (χ0v) is 13.3. The topological polar surface area (TPSA) is 65.7 Å². The molecule has 0 spiro atoms. The van der Waals surface area contributed by atoms with E-state index in [2.05, 4.69) is 20.7 Å². The molecule has 0 amide bonds. The van der Waals surface area contributed by atoms with Crippen molar-refractivity contribution in [2.24, 2.45) is 0 Å². The Morgan fingerprint density at radius 2 is 2.09 bits per heavy atom. The van der Waals surface area contributed by atoms with Crippen molar-refractivity contribution in [2.75, 3.05) is 7.11 Å². The predicted octanol–water partition coefficient (Wildman–Crippen LogP) is 3.59. The van der Waals surface area contributed by atoms with Crippen molar-refractivity contribution in [1.29, 1.82) is 0 Å². The van der Waals surface area contributed by atoms with Gasteiger partial charge in [-0.05, 0) is 35.9 Å². The molecule has 0 bridgehead atoms. The number of halogens is 1. The second-order valence-electron chi connectivity index (χ2n) is 4.25. The molecule has 0 aliphatic heterocycles. The fraction of sp³-hybridized carbons (Fsp3) is 0.125. The van der Waals surface area contributed by atoms with Crippen LogP contribution in [0.3, 0.4) is 0 Å². The molecule has 0 saturated heterocycles. The van der Waals surface area contributed by atoms with E-state index in [1.807, 2.05) is 24.3 Å². The summed E-state index contributed by atoms with van der Waals surface area (Å²) in [5.41, 5.74) is 0.873. The molecule has 0 unspecified atom stereocenters. The Labute approximate surface area is 135 Å². The smallest absolute Gasteiger partial charge is 0.373 e. The van der Waals surface area contributed by atoms with Gasteiger partial charge in [-0.15, -0.1) is 0 Å². The van der Waals surface area contributed by atoms with Gasteiger partial charge in [0.15, 0.2) is 0 Å². The number of hydrogen-bond acceptors (Lipinski definition) is 5. The summed E-state index contributed by atoms with van der Waals surface area (Å²) in [5, 5.41) is 0. The summed E-state index contributed by atoms with van der Waals surface area (Å²) in [6.07, 6.45) is 2.97. The van der Waals surface area contributed by atoms with Crippen molar-refractivity contribution in [1.82, 2.24) is 0 Å². The number of ether oxygens (including phenoxy) is 2. The van der Waals surface area contributed by atoms with Crippen LogP contribution in [0, 0.1) is 0 Å². The molecule has 5 nitrogen and oxygen atoms in total. The van der Waals surface area contributed by atoms with Crippen LogP contribution in [-0.4, -0.2) is 19.0 Å². The molecule has 0 aliphatic rings. The van der Waals surface area contributed by atoms with E-state index in [1.54, 1.807) is 12.1 Å². The zero-order valence-electron chi connectivity index (χ0n) is 11.7. The molecule has 6 heteroatoms. The Morgan fingerprint density at radius 1 is 1.27 bits per heavy atom. The van der Waals surface area contributed by atoms with E-state index in [0.29, 0.717) is 5.76 Å². The van der Waals surface area contributed by atoms with E-state index < -0.39 is 11.9 Å². The molecular weight excluding hydrogens is 352 g/mol. The second kappa shape index (κ2) is 7.61. The molecule has 0 aliphatic carbocycles. The monoisotopic (exact) mass is 364 g/mol. The summed E-state index contributed by atoms with van der Waals surface area (Å²) in [4.78, 5) is 22.8. The minimum absolute atomic E-state index is 0.0569. The number of rotatable bonds is 5. The third-order valence-electron chi connectivity index (χ3n) is 2.67. The third kappa shape index (κ3) is 4.60. The molecule has 0 fully saturated rings. The number of esters is 2. The number of furan rings is 1. The molecule has 22 heavy (non-hydrogen) atoms. The van der Waals surface area contributed by atoms with Crippen LogP contribution >= 0.6 is 15.9 Å². The van der Waals surface area contributed by atoms with Crippen LogP contribution in [-0.2, 0) is 20.9 Å². The minimum Gasteiger partial charge on any atom is -0.463 e. The van der Waals surface area contributed by atoms with Crippen molar-refractivity contribution in [2.45, 2.75) is 6.61 Å². The van der Waals surface area contributed by atoms with Crippen LogP contribution < -0.4 is 0 Å². The third-order valence-corrected chi connectivity index (χ3v) is 3.16. The first kappa shape index (κ1) is 16.0. The van der Waals surface area contributed by atoms with Crippen molar-refractivity contribution in [3.63, 3.8) is 0 Å².